The zero-order valence-corrected chi connectivity index (χ0v) is 13.5. The first-order chi connectivity index (χ1) is 10.5. The molecule has 7 heteroatoms. The molecular weight excluding hydrogens is 304 g/mol. The molecule has 0 spiro atoms. The number of nitrogens with zero attached hydrogens (tertiary/aromatic N) is 2. The molecule has 2 aromatic rings. The Labute approximate surface area is 133 Å². The number of likely N-dealkylation sites (N-methyl/N-ethyl adjacent to an activating group) is 1. The Morgan fingerprint density at radius 3 is 2.77 bits per heavy atom. The number of rotatable bonds is 7. The molecule has 0 aliphatic carbocycles. The molecule has 0 fully saturated rings. The Morgan fingerprint density at radius 2 is 2.18 bits per heavy atom. The summed E-state index contributed by atoms with van der Waals surface area (Å²) < 4.78 is 5.38. The van der Waals surface area contributed by atoms with Gasteiger partial charge in [0.15, 0.2) is 0 Å². The molecule has 2 N–H and O–H groups in total. The van der Waals surface area contributed by atoms with E-state index in [1.165, 1.54) is 22.5 Å². The smallest absolute Gasteiger partial charge is 0.236 e. The minimum Gasteiger partial charge on any atom is -0.444 e. The average molecular weight is 324 g/mol. The maximum Gasteiger partial charge on any atom is 0.236 e. The maximum absolute atomic E-state index is 12.2. The van der Waals surface area contributed by atoms with Gasteiger partial charge in [0.1, 0.15) is 6.26 Å². The van der Waals surface area contributed by atoms with E-state index in [9.17, 15) is 15.0 Å². The lowest BCUT2D eigenvalue weighted by molar-refractivity contribution is -0.131. The van der Waals surface area contributed by atoms with Crippen molar-refractivity contribution >= 4 is 17.2 Å². The summed E-state index contributed by atoms with van der Waals surface area (Å²) in [7, 11) is 1.65. The van der Waals surface area contributed by atoms with Crippen LogP contribution in [-0.2, 0) is 11.2 Å². The van der Waals surface area contributed by atoms with Crippen LogP contribution in [0.2, 0.25) is 0 Å². The summed E-state index contributed by atoms with van der Waals surface area (Å²) in [5, 5.41) is 20.5. The van der Waals surface area contributed by atoms with E-state index < -0.39 is 5.41 Å². The van der Waals surface area contributed by atoms with E-state index in [-0.39, 0.29) is 32.1 Å². The van der Waals surface area contributed by atoms with Gasteiger partial charge in [-0.05, 0) is 11.4 Å². The molecular formula is C15H20N2O4S. The summed E-state index contributed by atoms with van der Waals surface area (Å²) in [5.74, 6) is 0.371. The van der Waals surface area contributed by atoms with Crippen LogP contribution >= 0.6 is 11.3 Å². The van der Waals surface area contributed by atoms with E-state index in [0.29, 0.717) is 11.6 Å². The molecule has 6 nitrogen and oxygen atoms in total. The van der Waals surface area contributed by atoms with Crippen molar-refractivity contribution in [1.82, 2.24) is 9.88 Å². The molecule has 0 bridgehead atoms. The van der Waals surface area contributed by atoms with Gasteiger partial charge in [-0.15, -0.1) is 11.3 Å². The molecule has 2 heterocycles. The summed E-state index contributed by atoms with van der Waals surface area (Å²) in [5.41, 5.74) is -0.147. The normalized spacial score (nSPS) is 11.6. The van der Waals surface area contributed by atoms with Crippen molar-refractivity contribution in [2.24, 2.45) is 5.41 Å². The van der Waals surface area contributed by atoms with Crippen molar-refractivity contribution < 1.29 is 19.4 Å². The highest BCUT2D eigenvalue weighted by atomic mass is 32.1. The van der Waals surface area contributed by atoms with Crippen LogP contribution in [0.4, 0.5) is 0 Å². The van der Waals surface area contributed by atoms with Crippen molar-refractivity contribution in [2.45, 2.75) is 13.3 Å². The number of carbonyl (C=O) groups excluding carboxylic acids is 1. The van der Waals surface area contributed by atoms with Crippen molar-refractivity contribution in [2.75, 3.05) is 26.8 Å². The van der Waals surface area contributed by atoms with Crippen molar-refractivity contribution in [3.8, 4) is 10.8 Å². The number of oxazole rings is 1. The standard InChI is InChI=1S/C15H20N2O4S/c1-15(9-18,10-19)8-17(2)13(20)6-11-7-21-14(16-11)12-4-3-5-22-12/h3-5,7,18-19H,6,8-10H2,1-2H3. The van der Waals surface area contributed by atoms with E-state index in [4.69, 9.17) is 4.42 Å². The van der Waals surface area contributed by atoms with Gasteiger partial charge in [0.25, 0.3) is 0 Å². The van der Waals surface area contributed by atoms with Crippen LogP contribution in [0.25, 0.3) is 10.8 Å². The second-order valence-electron chi connectivity index (χ2n) is 5.67. The fourth-order valence-electron chi connectivity index (χ4n) is 2.00. The number of hydrogen-bond acceptors (Lipinski definition) is 6. The van der Waals surface area contributed by atoms with Crippen molar-refractivity contribution in [1.29, 1.82) is 0 Å². The minimum absolute atomic E-state index is 0.123. The molecule has 0 aliphatic heterocycles. The van der Waals surface area contributed by atoms with Crippen LogP contribution in [0, 0.1) is 5.41 Å². The van der Waals surface area contributed by atoms with E-state index in [0.717, 1.165) is 4.88 Å². The molecule has 120 valence electrons. The van der Waals surface area contributed by atoms with Crippen molar-refractivity contribution in [3.05, 3.63) is 29.5 Å². The van der Waals surface area contributed by atoms with Gasteiger partial charge >= 0.3 is 0 Å². The van der Waals surface area contributed by atoms with Gasteiger partial charge in [-0.1, -0.05) is 13.0 Å². The Bertz CT molecular complexity index is 605. The lowest BCUT2D eigenvalue weighted by Gasteiger charge is -2.30. The van der Waals surface area contributed by atoms with Crippen LogP contribution in [-0.4, -0.2) is 52.8 Å². The highest BCUT2D eigenvalue weighted by Gasteiger charge is 2.26. The second kappa shape index (κ2) is 7.04. The fraction of sp³-hybridized carbons (Fsp3) is 0.467. The zero-order chi connectivity index (χ0) is 16.2. The predicted octanol–water partition coefficient (Wildman–Crippen LogP) is 1.39. The largest absolute Gasteiger partial charge is 0.444 e. The first kappa shape index (κ1) is 16.7. The molecule has 2 aromatic heterocycles. The monoisotopic (exact) mass is 324 g/mol. The molecule has 0 saturated carbocycles. The van der Waals surface area contributed by atoms with Crippen LogP contribution < -0.4 is 0 Å². The molecule has 0 aliphatic rings. The number of aliphatic hydroxyl groups excluding tert-OH is 2. The lowest BCUT2D eigenvalue weighted by Crippen LogP contribution is -2.42. The van der Waals surface area contributed by atoms with Gasteiger partial charge in [0, 0.05) is 19.0 Å². The number of carbonyl (C=O) groups is 1. The molecule has 0 atom stereocenters. The number of aliphatic hydroxyl groups is 2. The second-order valence-corrected chi connectivity index (χ2v) is 6.62. The van der Waals surface area contributed by atoms with Gasteiger partial charge in [-0.2, -0.15) is 0 Å². The van der Waals surface area contributed by atoms with Crippen LogP contribution in [0.1, 0.15) is 12.6 Å². The third-order valence-corrected chi connectivity index (χ3v) is 4.28. The van der Waals surface area contributed by atoms with E-state index >= 15 is 0 Å². The molecule has 1 amide bonds. The van der Waals surface area contributed by atoms with Crippen molar-refractivity contribution in [3.63, 3.8) is 0 Å². The molecule has 0 saturated heterocycles. The first-order valence-electron chi connectivity index (χ1n) is 6.91. The van der Waals surface area contributed by atoms with Gasteiger partial charge in [0.2, 0.25) is 11.8 Å². The number of amides is 1. The summed E-state index contributed by atoms with van der Waals surface area (Å²) in [6.07, 6.45) is 1.61. The van der Waals surface area contributed by atoms with Crippen LogP contribution in [0.5, 0.6) is 0 Å². The fourth-order valence-corrected chi connectivity index (χ4v) is 2.66. The molecule has 0 radical (unpaired) electrons. The van der Waals surface area contributed by atoms with Crippen LogP contribution in [0.15, 0.2) is 28.2 Å². The zero-order valence-electron chi connectivity index (χ0n) is 12.7. The van der Waals surface area contributed by atoms with Gasteiger partial charge in [-0.3, -0.25) is 4.79 Å². The molecule has 0 aromatic carbocycles. The van der Waals surface area contributed by atoms with E-state index in [2.05, 4.69) is 4.98 Å². The highest BCUT2D eigenvalue weighted by Crippen LogP contribution is 2.24. The Hall–Kier alpha value is -1.70. The topological polar surface area (TPSA) is 86.8 Å². The number of aromatic nitrogens is 1. The summed E-state index contributed by atoms with van der Waals surface area (Å²) in [6, 6.07) is 3.82. The first-order valence-corrected chi connectivity index (χ1v) is 7.79. The van der Waals surface area contributed by atoms with Gasteiger partial charge < -0.3 is 19.5 Å². The third-order valence-electron chi connectivity index (χ3n) is 3.42. The molecule has 22 heavy (non-hydrogen) atoms. The summed E-state index contributed by atoms with van der Waals surface area (Å²) in [4.78, 5) is 18.9. The Morgan fingerprint density at radius 1 is 1.45 bits per heavy atom. The average Bonchev–Trinajstić information content (AvgIpc) is 3.17. The number of hydrogen-bond donors (Lipinski definition) is 2. The highest BCUT2D eigenvalue weighted by molar-refractivity contribution is 7.13. The van der Waals surface area contributed by atoms with Gasteiger partial charge in [-0.25, -0.2) is 4.98 Å². The Balaban J connectivity index is 1.97. The predicted molar refractivity (Wildman–Crippen MR) is 83.4 cm³/mol. The van der Waals surface area contributed by atoms with E-state index in [1.54, 1.807) is 14.0 Å². The third kappa shape index (κ3) is 3.94. The molecule has 2 rings (SSSR count). The number of thiophene rings is 1. The quantitative estimate of drug-likeness (QED) is 0.804. The maximum atomic E-state index is 12.2. The summed E-state index contributed by atoms with van der Waals surface area (Å²) in [6.45, 7) is 1.62. The van der Waals surface area contributed by atoms with E-state index in [1.807, 2.05) is 17.5 Å². The SMILES string of the molecule is CN(CC(C)(CO)CO)C(=O)Cc1coc(-c2cccs2)n1. The van der Waals surface area contributed by atoms with Crippen LogP contribution in [0.3, 0.4) is 0 Å². The molecule has 0 unspecified atom stereocenters. The lowest BCUT2D eigenvalue weighted by atomic mass is 9.92. The Kier molecular flexibility index (Phi) is 5.33. The summed E-state index contributed by atoms with van der Waals surface area (Å²) >= 11 is 1.52. The minimum atomic E-state index is -0.712. The van der Waals surface area contributed by atoms with Gasteiger partial charge in [0.05, 0.1) is 30.2 Å².